The number of piperidine rings is 1. The van der Waals surface area contributed by atoms with Crippen molar-refractivity contribution in [3.8, 4) is 17.0 Å². The molecule has 0 bridgehead atoms. The van der Waals surface area contributed by atoms with Crippen molar-refractivity contribution in [1.29, 1.82) is 0 Å². The molecule has 0 saturated carbocycles. The number of rotatable bonds is 10. The second-order valence-electron chi connectivity index (χ2n) is 11.4. The summed E-state index contributed by atoms with van der Waals surface area (Å²) in [5.74, 6) is -1.46. The molecule has 0 unspecified atom stereocenters. The molecule has 9 nitrogen and oxygen atoms in total. The van der Waals surface area contributed by atoms with Crippen LogP contribution in [0.15, 0.2) is 73.3 Å². The predicted octanol–water partition coefficient (Wildman–Crippen LogP) is 5.01. The van der Waals surface area contributed by atoms with Crippen molar-refractivity contribution in [3.05, 3.63) is 102 Å². The van der Waals surface area contributed by atoms with Gasteiger partial charge in [0.05, 0.1) is 30.2 Å². The van der Waals surface area contributed by atoms with Crippen LogP contribution >= 0.6 is 0 Å². The zero-order chi connectivity index (χ0) is 32.4. The summed E-state index contributed by atoms with van der Waals surface area (Å²) in [6.07, 6.45) is 2.60. The Balaban J connectivity index is 1.41. The summed E-state index contributed by atoms with van der Waals surface area (Å²) in [6.45, 7) is 0.825. The second-order valence-corrected chi connectivity index (χ2v) is 11.4. The number of imidazole rings is 1. The maximum absolute atomic E-state index is 15.2. The van der Waals surface area contributed by atoms with Crippen LogP contribution in [0.5, 0.6) is 5.75 Å². The predicted molar refractivity (Wildman–Crippen MR) is 166 cm³/mol. The minimum Gasteiger partial charge on any atom is -0.494 e. The van der Waals surface area contributed by atoms with Crippen molar-refractivity contribution in [2.75, 3.05) is 30.8 Å². The third kappa shape index (κ3) is 6.07. The van der Waals surface area contributed by atoms with E-state index in [0.29, 0.717) is 36.3 Å². The third-order valence-corrected chi connectivity index (χ3v) is 8.54. The molecule has 2 aromatic carbocycles. The Kier molecular flexibility index (Phi) is 8.78. The zero-order valence-corrected chi connectivity index (χ0v) is 25.0. The first kappa shape index (κ1) is 31.2. The maximum Gasteiger partial charge on any atom is 0.265 e. The number of aromatic nitrogens is 4. The molecule has 240 valence electrons. The van der Waals surface area contributed by atoms with E-state index in [0.717, 1.165) is 23.4 Å². The van der Waals surface area contributed by atoms with Crippen molar-refractivity contribution in [2.24, 2.45) is 0 Å². The molecule has 0 amide bonds. The quantitative estimate of drug-likeness (QED) is 0.184. The summed E-state index contributed by atoms with van der Waals surface area (Å²) in [7, 11) is 1.25. The number of nitrogens with zero attached hydrogens (tertiary/aromatic N) is 5. The number of nitrogen functional groups attached to an aromatic ring is 1. The lowest BCUT2D eigenvalue weighted by Crippen LogP contribution is -2.65. The number of methoxy groups -OCH3 is 1. The molecule has 1 fully saturated rings. The fourth-order valence-electron chi connectivity index (χ4n) is 6.16. The molecule has 0 radical (unpaired) electrons. The van der Waals surface area contributed by atoms with Gasteiger partial charge in [-0.1, -0.05) is 30.3 Å². The molecule has 5 aromatic rings. The van der Waals surface area contributed by atoms with Gasteiger partial charge in [-0.15, -0.1) is 0 Å². The maximum atomic E-state index is 15.2. The van der Waals surface area contributed by atoms with E-state index in [1.807, 2.05) is 35.2 Å². The van der Waals surface area contributed by atoms with Gasteiger partial charge >= 0.3 is 0 Å². The number of ether oxygens (including phenoxy) is 1. The molecule has 6 rings (SSSR count). The highest BCUT2D eigenvalue weighted by Crippen LogP contribution is 2.36. The van der Waals surface area contributed by atoms with Gasteiger partial charge in [0.1, 0.15) is 11.9 Å². The largest absolute Gasteiger partial charge is 0.494 e. The highest BCUT2D eigenvalue weighted by atomic mass is 19.3. The Morgan fingerprint density at radius 2 is 1.87 bits per heavy atom. The summed E-state index contributed by atoms with van der Waals surface area (Å²) in [5, 5.41) is 14.1. The van der Waals surface area contributed by atoms with Crippen molar-refractivity contribution in [1.82, 2.24) is 24.7 Å². The van der Waals surface area contributed by atoms with Crippen molar-refractivity contribution >= 4 is 17.2 Å². The summed E-state index contributed by atoms with van der Waals surface area (Å²) in [6, 6.07) is 13.0. The Hall–Kier alpha value is -4.75. The van der Waals surface area contributed by atoms with E-state index < -0.39 is 29.7 Å². The summed E-state index contributed by atoms with van der Waals surface area (Å²) in [4.78, 5) is 14.9. The van der Waals surface area contributed by atoms with Crippen LogP contribution in [0.3, 0.4) is 0 Å². The van der Waals surface area contributed by atoms with Gasteiger partial charge in [0, 0.05) is 62.0 Å². The molecule has 1 aliphatic rings. The normalized spacial score (nSPS) is 17.5. The second kappa shape index (κ2) is 12.9. The number of fused-ring (bicyclic) bond motifs is 1. The number of anilines is 2. The van der Waals surface area contributed by atoms with E-state index in [2.05, 4.69) is 20.3 Å². The number of aliphatic hydroxyl groups is 1. The van der Waals surface area contributed by atoms with Crippen molar-refractivity contribution in [2.45, 2.75) is 43.9 Å². The lowest BCUT2D eigenvalue weighted by Gasteiger charge is -2.47. The molecule has 0 spiro atoms. The van der Waals surface area contributed by atoms with E-state index in [4.69, 9.17) is 10.5 Å². The van der Waals surface area contributed by atoms with E-state index in [9.17, 15) is 18.3 Å². The molecule has 46 heavy (non-hydrogen) atoms. The van der Waals surface area contributed by atoms with Crippen LogP contribution in [0, 0.1) is 11.6 Å². The lowest BCUT2D eigenvalue weighted by atomic mass is 9.82. The van der Waals surface area contributed by atoms with Gasteiger partial charge in [-0.3, -0.25) is 9.38 Å². The average molecular weight is 636 g/mol. The van der Waals surface area contributed by atoms with Crippen LogP contribution in [0.2, 0.25) is 0 Å². The topological polar surface area (TPSA) is 114 Å². The molecule has 4 N–H and O–H groups in total. The highest BCUT2D eigenvalue weighted by Gasteiger charge is 2.46. The van der Waals surface area contributed by atoms with E-state index in [-0.39, 0.29) is 42.3 Å². The van der Waals surface area contributed by atoms with Crippen LogP contribution in [0.25, 0.3) is 16.9 Å². The van der Waals surface area contributed by atoms with Gasteiger partial charge in [-0.05, 0) is 36.1 Å². The molecule has 13 heteroatoms. The van der Waals surface area contributed by atoms with Gasteiger partial charge in [0.25, 0.3) is 6.43 Å². The Labute approximate surface area is 262 Å². The first-order valence-corrected chi connectivity index (χ1v) is 14.8. The number of hydrogen-bond acceptors (Lipinski definition) is 8. The summed E-state index contributed by atoms with van der Waals surface area (Å²) >= 11 is 0. The minimum absolute atomic E-state index is 0.0505. The standard InChI is InChI=1S/C33H33F4N7O2/c1-46-28-15-24(34)23(14-25(28)35)26-13-21(12-22-17-41-32-31(38)39-9-11-44(22)32)27(18-40-26)43-10-5-8-33(19-43,29(45)30(36)37)42-16-20-6-3-2-4-7-20/h2-4,6-7,9,11,13-15,17-18,29-30,42,45H,5,8,10,12,16,19H2,1H3,(H2,38,39)/t29-,33-/m1/s1. The van der Waals surface area contributed by atoms with Crippen LogP contribution in [-0.2, 0) is 13.0 Å². The van der Waals surface area contributed by atoms with Crippen LogP contribution < -0.4 is 20.7 Å². The number of alkyl halides is 2. The molecule has 2 atom stereocenters. The molecule has 0 aliphatic carbocycles. The monoisotopic (exact) mass is 635 g/mol. The Morgan fingerprint density at radius 1 is 1.07 bits per heavy atom. The molecule has 1 saturated heterocycles. The number of hydrogen-bond donors (Lipinski definition) is 3. The van der Waals surface area contributed by atoms with Crippen molar-refractivity contribution < 1.29 is 27.4 Å². The van der Waals surface area contributed by atoms with E-state index in [1.165, 1.54) is 13.3 Å². The van der Waals surface area contributed by atoms with Crippen LogP contribution in [-0.4, -0.2) is 62.7 Å². The van der Waals surface area contributed by atoms with E-state index in [1.54, 1.807) is 29.1 Å². The molecular weight excluding hydrogens is 602 g/mol. The van der Waals surface area contributed by atoms with Gasteiger partial charge in [-0.2, -0.15) is 0 Å². The first-order chi connectivity index (χ1) is 22.2. The summed E-state index contributed by atoms with van der Waals surface area (Å²) in [5.41, 5.74) is 8.12. The fourth-order valence-corrected chi connectivity index (χ4v) is 6.16. The molecule has 4 heterocycles. The van der Waals surface area contributed by atoms with Gasteiger partial charge in [0.2, 0.25) is 0 Å². The first-order valence-electron chi connectivity index (χ1n) is 14.8. The van der Waals surface area contributed by atoms with E-state index >= 15 is 4.39 Å². The summed E-state index contributed by atoms with van der Waals surface area (Å²) < 4.78 is 64.9. The van der Waals surface area contributed by atoms with Gasteiger partial charge in [-0.25, -0.2) is 27.5 Å². The zero-order valence-electron chi connectivity index (χ0n) is 25.0. The average Bonchev–Trinajstić information content (AvgIpc) is 3.48. The number of nitrogens with two attached hydrogens (primary N) is 1. The van der Waals surface area contributed by atoms with Gasteiger partial charge < -0.3 is 25.8 Å². The molecule has 3 aromatic heterocycles. The van der Waals surface area contributed by atoms with Crippen LogP contribution in [0.1, 0.15) is 29.7 Å². The number of benzene rings is 2. The minimum atomic E-state index is -2.98. The Morgan fingerprint density at radius 3 is 2.63 bits per heavy atom. The Bertz CT molecular complexity index is 1840. The smallest absolute Gasteiger partial charge is 0.265 e. The number of halogens is 4. The van der Waals surface area contributed by atoms with Crippen molar-refractivity contribution in [3.63, 3.8) is 0 Å². The number of aliphatic hydroxyl groups excluding tert-OH is 1. The third-order valence-electron chi connectivity index (χ3n) is 8.54. The fraction of sp³-hybridized carbons (Fsp3) is 0.303. The number of nitrogens with one attached hydrogen (secondary N) is 1. The lowest BCUT2D eigenvalue weighted by molar-refractivity contribution is -0.0657. The highest BCUT2D eigenvalue weighted by molar-refractivity contribution is 5.67. The number of pyridine rings is 1. The SMILES string of the molecule is COc1cc(F)c(-c2cc(Cc3cnc4c(N)nccn34)c(N3CCC[C@](NCc4ccccc4)([C@H](O)C(F)F)C3)cn2)cc1F. The van der Waals surface area contributed by atoms with Gasteiger partial charge in [0.15, 0.2) is 23.0 Å². The molecule has 1 aliphatic heterocycles. The molecular formula is C33H33F4N7O2. The van der Waals surface area contributed by atoms with Crippen LogP contribution in [0.4, 0.5) is 29.1 Å².